The van der Waals surface area contributed by atoms with Crippen molar-refractivity contribution in [2.24, 2.45) is 0 Å². The third-order valence-electron chi connectivity index (χ3n) is 3.48. The topological polar surface area (TPSA) is 95.1 Å². The van der Waals surface area contributed by atoms with Crippen molar-refractivity contribution in [1.82, 2.24) is 15.3 Å². The maximum Gasteiger partial charge on any atom is 0.252 e. The average molecular weight is 289 g/mol. The molecule has 21 heavy (non-hydrogen) atoms. The summed E-state index contributed by atoms with van der Waals surface area (Å²) in [6.45, 7) is 4.14. The fourth-order valence-electron chi connectivity index (χ4n) is 2.41. The fourth-order valence-corrected chi connectivity index (χ4v) is 2.41. The smallest absolute Gasteiger partial charge is 0.252 e. The molecule has 112 valence electrons. The van der Waals surface area contributed by atoms with Gasteiger partial charge in [-0.3, -0.25) is 14.6 Å². The van der Waals surface area contributed by atoms with E-state index in [4.69, 9.17) is 5.11 Å². The first-order valence-electron chi connectivity index (χ1n) is 6.89. The van der Waals surface area contributed by atoms with Gasteiger partial charge < -0.3 is 15.4 Å². The zero-order chi connectivity index (χ0) is 15.4. The van der Waals surface area contributed by atoms with Gasteiger partial charge in [0.05, 0.1) is 11.9 Å². The van der Waals surface area contributed by atoms with Gasteiger partial charge >= 0.3 is 0 Å². The van der Waals surface area contributed by atoms with Crippen molar-refractivity contribution < 1.29 is 9.90 Å². The summed E-state index contributed by atoms with van der Waals surface area (Å²) >= 11 is 0. The Morgan fingerprint density at radius 3 is 2.90 bits per heavy atom. The molecule has 6 nitrogen and oxygen atoms in total. The van der Waals surface area contributed by atoms with E-state index in [0.717, 1.165) is 22.2 Å². The molecule has 3 N–H and O–H groups in total. The number of hydrogen-bond donors (Lipinski definition) is 3. The summed E-state index contributed by atoms with van der Waals surface area (Å²) in [7, 11) is 0. The molecule has 0 aromatic carbocycles. The van der Waals surface area contributed by atoms with E-state index in [-0.39, 0.29) is 24.5 Å². The number of aromatic nitrogens is 2. The largest absolute Gasteiger partial charge is 0.396 e. The summed E-state index contributed by atoms with van der Waals surface area (Å²) in [5, 5.41) is 12.3. The van der Waals surface area contributed by atoms with Crippen molar-refractivity contribution in [1.29, 1.82) is 0 Å². The number of nitrogens with zero attached hydrogens (tertiary/aromatic N) is 1. The van der Waals surface area contributed by atoms with E-state index in [2.05, 4.69) is 15.3 Å². The number of pyridine rings is 2. The predicted octanol–water partition coefficient (Wildman–Crippen LogP) is 0.581. The summed E-state index contributed by atoms with van der Waals surface area (Å²) in [5.74, 6) is -0.224. The molecule has 0 spiro atoms. The van der Waals surface area contributed by atoms with Crippen LogP contribution in [0.2, 0.25) is 0 Å². The summed E-state index contributed by atoms with van der Waals surface area (Å²) in [5.41, 5.74) is 2.55. The van der Waals surface area contributed by atoms with Crippen molar-refractivity contribution in [3.8, 4) is 0 Å². The Hall–Kier alpha value is -2.21. The Labute approximate surface area is 122 Å². The number of aliphatic hydroxyl groups excluding tert-OH is 1. The monoisotopic (exact) mass is 289 g/mol. The van der Waals surface area contributed by atoms with Crippen LogP contribution in [-0.4, -0.2) is 34.1 Å². The molecule has 0 saturated carbocycles. The van der Waals surface area contributed by atoms with Crippen molar-refractivity contribution in [3.05, 3.63) is 39.4 Å². The number of carbonyl (C=O) groups excluding carboxylic acids is 1. The molecule has 2 rings (SSSR count). The van der Waals surface area contributed by atoms with Gasteiger partial charge in [-0.05, 0) is 31.9 Å². The van der Waals surface area contributed by atoms with Crippen LogP contribution in [-0.2, 0) is 11.2 Å². The van der Waals surface area contributed by atoms with Crippen LogP contribution in [0.1, 0.15) is 23.2 Å². The molecule has 1 amide bonds. The second-order valence-corrected chi connectivity index (χ2v) is 4.98. The van der Waals surface area contributed by atoms with E-state index in [9.17, 15) is 9.59 Å². The summed E-state index contributed by atoms with van der Waals surface area (Å²) < 4.78 is 0. The number of H-pyrrole nitrogens is 1. The zero-order valence-corrected chi connectivity index (χ0v) is 12.2. The highest BCUT2D eigenvalue weighted by molar-refractivity contribution is 5.87. The Bertz CT molecular complexity index is 722. The van der Waals surface area contributed by atoms with E-state index < -0.39 is 0 Å². The molecule has 2 heterocycles. The molecule has 0 aliphatic heterocycles. The van der Waals surface area contributed by atoms with Gasteiger partial charge in [0.25, 0.3) is 5.56 Å². The SMILES string of the molecule is Cc1nccc2[nH]c(=O)c(CC(=O)NCCCO)c(C)c12. The van der Waals surface area contributed by atoms with Gasteiger partial charge in [0.15, 0.2) is 0 Å². The first-order chi connectivity index (χ1) is 10.0. The maximum atomic E-state index is 12.1. The number of aliphatic hydroxyl groups is 1. The third kappa shape index (κ3) is 3.28. The number of rotatable bonds is 5. The lowest BCUT2D eigenvalue weighted by molar-refractivity contribution is -0.120. The normalized spacial score (nSPS) is 10.8. The Morgan fingerprint density at radius 1 is 1.43 bits per heavy atom. The van der Waals surface area contributed by atoms with Crippen molar-refractivity contribution in [2.45, 2.75) is 26.7 Å². The molecule has 0 radical (unpaired) electrons. The fraction of sp³-hybridized carbons (Fsp3) is 0.400. The van der Waals surface area contributed by atoms with Crippen molar-refractivity contribution >= 4 is 16.8 Å². The minimum absolute atomic E-state index is 0.0247. The highest BCUT2D eigenvalue weighted by atomic mass is 16.3. The minimum atomic E-state index is -0.247. The number of aryl methyl sites for hydroxylation is 2. The Kier molecular flexibility index (Phi) is 4.70. The summed E-state index contributed by atoms with van der Waals surface area (Å²) in [4.78, 5) is 31.0. The molecule has 0 saturated heterocycles. The molecular weight excluding hydrogens is 270 g/mol. The number of aromatic amines is 1. The van der Waals surface area contributed by atoms with Gasteiger partial charge in [-0.1, -0.05) is 0 Å². The number of fused-ring (bicyclic) bond motifs is 1. The van der Waals surface area contributed by atoms with Crippen LogP contribution in [0.4, 0.5) is 0 Å². The number of hydrogen-bond acceptors (Lipinski definition) is 4. The van der Waals surface area contributed by atoms with E-state index in [0.29, 0.717) is 18.5 Å². The second kappa shape index (κ2) is 6.49. The number of carbonyl (C=O) groups is 1. The van der Waals surface area contributed by atoms with Gasteiger partial charge in [0.1, 0.15) is 0 Å². The predicted molar refractivity (Wildman–Crippen MR) is 80.3 cm³/mol. The van der Waals surface area contributed by atoms with Crippen molar-refractivity contribution in [2.75, 3.05) is 13.2 Å². The van der Waals surface area contributed by atoms with Crippen LogP contribution in [0, 0.1) is 13.8 Å². The van der Waals surface area contributed by atoms with Crippen LogP contribution in [0.5, 0.6) is 0 Å². The number of amides is 1. The van der Waals surface area contributed by atoms with Gasteiger partial charge in [0.2, 0.25) is 5.91 Å². The first kappa shape index (κ1) is 15.2. The minimum Gasteiger partial charge on any atom is -0.396 e. The molecule has 0 aliphatic carbocycles. The molecule has 0 bridgehead atoms. The molecule has 0 atom stereocenters. The molecule has 6 heteroatoms. The Balaban J connectivity index is 2.34. The molecule has 0 aliphatic rings. The lowest BCUT2D eigenvalue weighted by Gasteiger charge is -2.10. The van der Waals surface area contributed by atoms with Crippen LogP contribution >= 0.6 is 0 Å². The van der Waals surface area contributed by atoms with Crippen LogP contribution in [0.3, 0.4) is 0 Å². The molecule has 0 unspecified atom stereocenters. The lowest BCUT2D eigenvalue weighted by atomic mass is 10.0. The molecule has 0 fully saturated rings. The quantitative estimate of drug-likeness (QED) is 0.702. The van der Waals surface area contributed by atoms with Crippen LogP contribution in [0.25, 0.3) is 10.9 Å². The lowest BCUT2D eigenvalue weighted by Crippen LogP contribution is -2.29. The van der Waals surface area contributed by atoms with E-state index in [1.165, 1.54) is 0 Å². The molecular formula is C15H19N3O3. The zero-order valence-electron chi connectivity index (χ0n) is 12.2. The van der Waals surface area contributed by atoms with Crippen LogP contribution < -0.4 is 10.9 Å². The maximum absolute atomic E-state index is 12.1. The average Bonchev–Trinajstić information content (AvgIpc) is 2.43. The number of nitrogens with one attached hydrogen (secondary N) is 2. The Morgan fingerprint density at radius 2 is 2.19 bits per heavy atom. The van der Waals surface area contributed by atoms with E-state index >= 15 is 0 Å². The highest BCUT2D eigenvalue weighted by Gasteiger charge is 2.14. The van der Waals surface area contributed by atoms with Crippen molar-refractivity contribution in [3.63, 3.8) is 0 Å². The van der Waals surface area contributed by atoms with Gasteiger partial charge in [0, 0.05) is 36.0 Å². The molecule has 2 aromatic heterocycles. The highest BCUT2D eigenvalue weighted by Crippen LogP contribution is 2.19. The van der Waals surface area contributed by atoms with Gasteiger partial charge in [-0.25, -0.2) is 0 Å². The second-order valence-electron chi connectivity index (χ2n) is 4.98. The standard InChI is InChI=1S/C15H19N3O3/c1-9-11(8-13(20)17-5-3-7-19)15(21)18-12-4-6-16-10(2)14(9)12/h4,6,19H,3,5,7-8H2,1-2H3,(H,17,20)(H,18,21). The summed E-state index contributed by atoms with van der Waals surface area (Å²) in [6.07, 6.45) is 2.17. The van der Waals surface area contributed by atoms with E-state index in [1.807, 2.05) is 13.8 Å². The van der Waals surface area contributed by atoms with Crippen LogP contribution in [0.15, 0.2) is 17.1 Å². The first-order valence-corrected chi connectivity index (χ1v) is 6.89. The van der Waals surface area contributed by atoms with E-state index in [1.54, 1.807) is 12.3 Å². The van der Waals surface area contributed by atoms with Gasteiger partial charge in [-0.2, -0.15) is 0 Å². The van der Waals surface area contributed by atoms with Gasteiger partial charge in [-0.15, -0.1) is 0 Å². The summed E-state index contributed by atoms with van der Waals surface area (Å²) in [6, 6.07) is 1.75. The molecule has 2 aromatic rings. The third-order valence-corrected chi connectivity index (χ3v) is 3.48.